The number of hydrogen-bond acceptors (Lipinski definition) is 4. The van der Waals surface area contributed by atoms with Crippen molar-refractivity contribution in [3.8, 4) is 0 Å². The minimum atomic E-state index is 0.318. The van der Waals surface area contributed by atoms with E-state index in [1.165, 1.54) is 4.88 Å². The number of likely N-dealkylation sites (N-methyl/N-ethyl adjacent to an activating group) is 1. The smallest absolute Gasteiger partial charge is 0.0794 e. The minimum absolute atomic E-state index is 0.318. The van der Waals surface area contributed by atoms with Gasteiger partial charge in [0.2, 0.25) is 0 Å². The zero-order valence-electron chi connectivity index (χ0n) is 11.1. The maximum absolute atomic E-state index is 4.60. The van der Waals surface area contributed by atoms with Crippen molar-refractivity contribution in [2.45, 2.75) is 39.3 Å². The molecule has 2 aromatic rings. The fraction of sp³-hybridized carbons (Fsp3) is 0.538. The zero-order valence-corrected chi connectivity index (χ0v) is 11.9. The molecule has 1 N–H and O–H groups in total. The van der Waals surface area contributed by atoms with Gasteiger partial charge in [-0.3, -0.25) is 9.67 Å². The van der Waals surface area contributed by atoms with Gasteiger partial charge in [-0.2, -0.15) is 5.10 Å². The zero-order chi connectivity index (χ0) is 13.0. The summed E-state index contributed by atoms with van der Waals surface area (Å²) in [5.74, 6) is 0. The maximum atomic E-state index is 4.60. The van der Waals surface area contributed by atoms with Crippen LogP contribution in [0.15, 0.2) is 24.0 Å². The van der Waals surface area contributed by atoms with Crippen LogP contribution in [0.5, 0.6) is 0 Å². The highest BCUT2D eigenvalue weighted by atomic mass is 32.1. The Kier molecular flexibility index (Phi) is 4.49. The summed E-state index contributed by atoms with van der Waals surface area (Å²) >= 11 is 1.70. The Bertz CT molecular complexity index is 461. The van der Waals surface area contributed by atoms with Crippen LogP contribution in [-0.4, -0.2) is 21.3 Å². The normalized spacial score (nSPS) is 13.1. The van der Waals surface area contributed by atoms with Gasteiger partial charge in [0.05, 0.1) is 11.2 Å². The molecular formula is C13H20N4S. The molecule has 0 aliphatic carbocycles. The molecule has 1 atom stereocenters. The van der Waals surface area contributed by atoms with Gasteiger partial charge in [-0.15, -0.1) is 11.3 Å². The number of hydrogen-bond donors (Lipinski definition) is 1. The van der Waals surface area contributed by atoms with Crippen molar-refractivity contribution in [2.75, 3.05) is 6.54 Å². The van der Waals surface area contributed by atoms with E-state index in [0.29, 0.717) is 12.1 Å². The van der Waals surface area contributed by atoms with Crippen molar-refractivity contribution in [2.24, 2.45) is 0 Å². The summed E-state index contributed by atoms with van der Waals surface area (Å²) in [5, 5.41) is 8.10. The monoisotopic (exact) mass is 264 g/mol. The Labute approximate surface area is 112 Å². The van der Waals surface area contributed by atoms with Crippen LogP contribution in [0.2, 0.25) is 0 Å². The summed E-state index contributed by atoms with van der Waals surface area (Å²) in [6, 6.07) is 2.84. The third-order valence-electron chi connectivity index (χ3n) is 2.85. The molecule has 2 heterocycles. The van der Waals surface area contributed by atoms with Gasteiger partial charge in [0, 0.05) is 35.8 Å². The predicted octanol–water partition coefficient (Wildman–Crippen LogP) is 2.81. The number of nitrogens with one attached hydrogen (secondary N) is 1. The van der Waals surface area contributed by atoms with Crippen molar-refractivity contribution < 1.29 is 0 Å². The summed E-state index contributed by atoms with van der Waals surface area (Å²) in [5.41, 5.74) is 3.01. The molecule has 0 amide bonds. The molecular weight excluding hydrogens is 244 g/mol. The highest BCUT2D eigenvalue weighted by Gasteiger charge is 2.14. The number of rotatable bonds is 6. The van der Waals surface area contributed by atoms with E-state index >= 15 is 0 Å². The Morgan fingerprint density at radius 1 is 1.44 bits per heavy atom. The minimum Gasteiger partial charge on any atom is -0.309 e. The van der Waals surface area contributed by atoms with E-state index in [-0.39, 0.29) is 0 Å². The highest BCUT2D eigenvalue weighted by Crippen LogP contribution is 2.21. The van der Waals surface area contributed by atoms with Gasteiger partial charge < -0.3 is 5.32 Å². The van der Waals surface area contributed by atoms with E-state index in [1.54, 1.807) is 11.3 Å². The van der Waals surface area contributed by atoms with Crippen molar-refractivity contribution in [3.63, 3.8) is 0 Å². The lowest BCUT2D eigenvalue weighted by Crippen LogP contribution is -2.22. The average Bonchev–Trinajstić information content (AvgIpc) is 2.99. The lowest BCUT2D eigenvalue weighted by molar-refractivity contribution is 0.509. The first kappa shape index (κ1) is 13.2. The second kappa shape index (κ2) is 6.11. The molecule has 98 valence electrons. The van der Waals surface area contributed by atoms with Crippen molar-refractivity contribution >= 4 is 11.3 Å². The third kappa shape index (κ3) is 3.17. The molecule has 0 spiro atoms. The van der Waals surface area contributed by atoms with Crippen LogP contribution in [0.25, 0.3) is 0 Å². The summed E-state index contributed by atoms with van der Waals surface area (Å²) in [6.07, 6.45) is 4.91. The molecule has 2 aromatic heterocycles. The first-order valence-corrected chi connectivity index (χ1v) is 7.24. The van der Waals surface area contributed by atoms with Gasteiger partial charge in [0.25, 0.3) is 0 Å². The predicted molar refractivity (Wildman–Crippen MR) is 74.8 cm³/mol. The summed E-state index contributed by atoms with van der Waals surface area (Å²) < 4.78 is 2.00. The first-order chi connectivity index (χ1) is 8.70. The molecule has 0 bridgehead atoms. The van der Waals surface area contributed by atoms with Crippen LogP contribution < -0.4 is 5.32 Å². The van der Waals surface area contributed by atoms with Crippen LogP contribution in [-0.2, 0) is 6.42 Å². The molecule has 5 heteroatoms. The molecule has 0 aliphatic rings. The average molecular weight is 264 g/mol. The molecule has 0 aromatic carbocycles. The Hall–Kier alpha value is -1.20. The van der Waals surface area contributed by atoms with Crippen LogP contribution in [0.4, 0.5) is 0 Å². The highest BCUT2D eigenvalue weighted by molar-refractivity contribution is 7.09. The van der Waals surface area contributed by atoms with Crippen molar-refractivity contribution in [1.82, 2.24) is 20.1 Å². The second-order valence-electron chi connectivity index (χ2n) is 4.60. The number of thiazole rings is 1. The van der Waals surface area contributed by atoms with Gasteiger partial charge in [-0.05, 0) is 26.5 Å². The van der Waals surface area contributed by atoms with Crippen LogP contribution in [0.3, 0.4) is 0 Å². The van der Waals surface area contributed by atoms with E-state index in [9.17, 15) is 0 Å². The molecule has 0 aliphatic heterocycles. The fourth-order valence-electron chi connectivity index (χ4n) is 1.90. The van der Waals surface area contributed by atoms with Gasteiger partial charge in [-0.1, -0.05) is 6.92 Å². The molecule has 0 radical (unpaired) electrons. The Balaban J connectivity index is 2.08. The Morgan fingerprint density at radius 3 is 2.83 bits per heavy atom. The van der Waals surface area contributed by atoms with Gasteiger partial charge in [-0.25, -0.2) is 0 Å². The number of aromatic nitrogens is 3. The fourth-order valence-corrected chi connectivity index (χ4v) is 2.60. The van der Waals surface area contributed by atoms with Gasteiger partial charge in [0.15, 0.2) is 0 Å². The van der Waals surface area contributed by atoms with Gasteiger partial charge in [0.1, 0.15) is 0 Å². The van der Waals surface area contributed by atoms with E-state index in [0.717, 1.165) is 18.7 Å². The van der Waals surface area contributed by atoms with Crippen molar-refractivity contribution in [1.29, 1.82) is 0 Å². The largest absolute Gasteiger partial charge is 0.309 e. The van der Waals surface area contributed by atoms with Crippen molar-refractivity contribution in [3.05, 3.63) is 34.5 Å². The lowest BCUT2D eigenvalue weighted by atomic mass is 10.1. The molecule has 0 fully saturated rings. The molecule has 0 saturated heterocycles. The molecule has 2 rings (SSSR count). The summed E-state index contributed by atoms with van der Waals surface area (Å²) in [4.78, 5) is 5.43. The molecule has 18 heavy (non-hydrogen) atoms. The van der Waals surface area contributed by atoms with Crippen LogP contribution in [0.1, 0.15) is 43.4 Å². The second-order valence-corrected chi connectivity index (χ2v) is 5.52. The third-order valence-corrected chi connectivity index (χ3v) is 3.74. The maximum Gasteiger partial charge on any atom is 0.0794 e. The van der Waals surface area contributed by atoms with Crippen LogP contribution in [0, 0.1) is 0 Å². The Morgan fingerprint density at radius 2 is 2.28 bits per heavy atom. The first-order valence-electron chi connectivity index (χ1n) is 6.36. The molecule has 1 unspecified atom stereocenters. The lowest BCUT2D eigenvalue weighted by Gasteiger charge is -2.14. The van der Waals surface area contributed by atoms with E-state index < -0.39 is 0 Å². The van der Waals surface area contributed by atoms with E-state index in [2.05, 4.69) is 48.4 Å². The molecule has 0 saturated carbocycles. The standard InChI is InChI=1S/C13H20N4S/c1-4-15-12(13-8-14-9-18-13)7-11-5-6-17(16-11)10(2)3/h5-6,8-10,12,15H,4,7H2,1-3H3. The quantitative estimate of drug-likeness (QED) is 0.872. The SMILES string of the molecule is CCNC(Cc1ccn(C(C)C)n1)c1cncs1. The summed E-state index contributed by atoms with van der Waals surface area (Å²) in [6.45, 7) is 7.36. The van der Waals surface area contributed by atoms with E-state index in [1.807, 2.05) is 16.4 Å². The number of nitrogens with zero attached hydrogens (tertiary/aromatic N) is 3. The topological polar surface area (TPSA) is 42.7 Å². The van der Waals surface area contributed by atoms with E-state index in [4.69, 9.17) is 0 Å². The summed E-state index contributed by atoms with van der Waals surface area (Å²) in [7, 11) is 0. The van der Waals surface area contributed by atoms with Gasteiger partial charge >= 0.3 is 0 Å². The molecule has 4 nitrogen and oxygen atoms in total. The van der Waals surface area contributed by atoms with Crippen LogP contribution >= 0.6 is 11.3 Å².